The van der Waals surface area contributed by atoms with E-state index in [2.05, 4.69) is 0 Å². The molecule has 4 heteroatoms. The Kier molecular flexibility index (Phi) is 4.15. The molecule has 0 aromatic heterocycles. The summed E-state index contributed by atoms with van der Waals surface area (Å²) < 4.78 is 0. The molecule has 0 unspecified atom stereocenters. The summed E-state index contributed by atoms with van der Waals surface area (Å²) in [6.07, 6.45) is 2.22. The molecule has 4 nitrogen and oxygen atoms in total. The van der Waals surface area contributed by atoms with Crippen molar-refractivity contribution >= 4 is 17.6 Å². The summed E-state index contributed by atoms with van der Waals surface area (Å²) in [6, 6.07) is 15.9. The molecule has 1 amide bonds. The molecule has 118 valence electrons. The average molecular weight is 309 g/mol. The number of carbonyl (C=O) groups excluding carboxylic acids is 1. The lowest BCUT2D eigenvalue weighted by Crippen LogP contribution is -2.40. The maximum absolute atomic E-state index is 13.1. The van der Waals surface area contributed by atoms with E-state index >= 15 is 0 Å². The molecule has 3 rings (SSSR count). The van der Waals surface area contributed by atoms with Crippen LogP contribution >= 0.6 is 0 Å². The Morgan fingerprint density at radius 3 is 2.13 bits per heavy atom. The Morgan fingerprint density at radius 1 is 1.00 bits per heavy atom. The lowest BCUT2D eigenvalue weighted by molar-refractivity contribution is 0.0691. The van der Waals surface area contributed by atoms with Gasteiger partial charge in [0, 0.05) is 11.7 Å². The van der Waals surface area contributed by atoms with Gasteiger partial charge in [-0.2, -0.15) is 0 Å². The third-order valence-electron chi connectivity index (χ3n) is 4.35. The van der Waals surface area contributed by atoms with E-state index in [1.165, 1.54) is 6.07 Å². The molecule has 1 aliphatic carbocycles. The van der Waals surface area contributed by atoms with Crippen LogP contribution in [-0.4, -0.2) is 23.0 Å². The summed E-state index contributed by atoms with van der Waals surface area (Å²) >= 11 is 0. The molecule has 0 bridgehead atoms. The standard InChI is InChI=1S/C19H19NO3/c1-13(14-11-12-14)20(15-7-3-2-4-8-15)18(21)16-9-5-6-10-17(16)19(22)23/h2-10,13-14H,11-12H2,1H3,(H,22,23)/t13-/m1/s1. The van der Waals surface area contributed by atoms with E-state index in [0.717, 1.165) is 18.5 Å². The van der Waals surface area contributed by atoms with Crippen LogP contribution in [0.15, 0.2) is 54.6 Å². The largest absolute Gasteiger partial charge is 0.478 e. The van der Waals surface area contributed by atoms with Gasteiger partial charge >= 0.3 is 5.97 Å². The zero-order chi connectivity index (χ0) is 16.4. The number of amides is 1. The molecule has 1 N–H and O–H groups in total. The van der Waals surface area contributed by atoms with Gasteiger partial charge in [0.2, 0.25) is 0 Å². The van der Waals surface area contributed by atoms with Crippen molar-refractivity contribution in [3.05, 3.63) is 65.7 Å². The van der Waals surface area contributed by atoms with Crippen molar-refractivity contribution < 1.29 is 14.7 Å². The lowest BCUT2D eigenvalue weighted by Gasteiger charge is -2.30. The van der Waals surface area contributed by atoms with Crippen LogP contribution in [0.2, 0.25) is 0 Å². The first-order valence-electron chi connectivity index (χ1n) is 7.80. The number of carboxylic acids is 1. The number of anilines is 1. The number of nitrogens with zero attached hydrogens (tertiary/aromatic N) is 1. The topological polar surface area (TPSA) is 57.6 Å². The monoisotopic (exact) mass is 309 g/mol. The third kappa shape index (κ3) is 3.11. The van der Waals surface area contributed by atoms with Crippen LogP contribution < -0.4 is 4.90 Å². The van der Waals surface area contributed by atoms with Gasteiger partial charge in [-0.1, -0.05) is 30.3 Å². The van der Waals surface area contributed by atoms with Gasteiger partial charge in [-0.05, 0) is 49.9 Å². The molecular formula is C19H19NO3. The SMILES string of the molecule is C[C@H](C1CC1)N(C(=O)c1ccccc1C(=O)O)c1ccccc1. The molecule has 1 atom stereocenters. The molecule has 1 saturated carbocycles. The van der Waals surface area contributed by atoms with Crippen molar-refractivity contribution in [2.45, 2.75) is 25.8 Å². The summed E-state index contributed by atoms with van der Waals surface area (Å²) in [5.41, 5.74) is 1.08. The molecule has 1 aliphatic rings. The van der Waals surface area contributed by atoms with Crippen LogP contribution in [-0.2, 0) is 0 Å². The molecule has 2 aromatic rings. The molecule has 23 heavy (non-hydrogen) atoms. The van der Waals surface area contributed by atoms with Crippen LogP contribution in [0.3, 0.4) is 0 Å². The van der Waals surface area contributed by atoms with E-state index in [1.807, 2.05) is 37.3 Å². The number of hydrogen-bond donors (Lipinski definition) is 1. The van der Waals surface area contributed by atoms with Crippen LogP contribution in [0, 0.1) is 5.92 Å². The van der Waals surface area contributed by atoms with Crippen molar-refractivity contribution in [3.63, 3.8) is 0 Å². The van der Waals surface area contributed by atoms with Gasteiger partial charge in [-0.25, -0.2) is 4.79 Å². The van der Waals surface area contributed by atoms with Gasteiger partial charge in [-0.15, -0.1) is 0 Å². The van der Waals surface area contributed by atoms with Crippen molar-refractivity contribution in [2.75, 3.05) is 4.90 Å². The van der Waals surface area contributed by atoms with Gasteiger partial charge in [0.1, 0.15) is 0 Å². The van der Waals surface area contributed by atoms with Gasteiger partial charge in [0.15, 0.2) is 0 Å². The maximum atomic E-state index is 13.1. The number of benzene rings is 2. The lowest BCUT2D eigenvalue weighted by atomic mass is 10.0. The summed E-state index contributed by atoms with van der Waals surface area (Å²) in [6.45, 7) is 2.03. The van der Waals surface area contributed by atoms with Crippen molar-refractivity contribution in [1.29, 1.82) is 0 Å². The second-order valence-corrected chi connectivity index (χ2v) is 5.94. The number of aromatic carboxylic acids is 1. The smallest absolute Gasteiger partial charge is 0.336 e. The second-order valence-electron chi connectivity index (χ2n) is 5.94. The van der Waals surface area contributed by atoms with Gasteiger partial charge < -0.3 is 10.0 Å². The van der Waals surface area contributed by atoms with E-state index in [1.54, 1.807) is 23.1 Å². The van der Waals surface area contributed by atoms with Crippen molar-refractivity contribution in [3.8, 4) is 0 Å². The number of carbonyl (C=O) groups is 2. The first-order valence-corrected chi connectivity index (χ1v) is 7.80. The maximum Gasteiger partial charge on any atom is 0.336 e. The molecule has 1 fully saturated rings. The Bertz CT molecular complexity index is 722. The molecule has 0 saturated heterocycles. The van der Waals surface area contributed by atoms with Gasteiger partial charge in [0.05, 0.1) is 11.1 Å². The molecular weight excluding hydrogens is 290 g/mol. The highest BCUT2D eigenvalue weighted by atomic mass is 16.4. The quantitative estimate of drug-likeness (QED) is 0.913. The minimum absolute atomic E-state index is 0.0430. The van der Waals surface area contributed by atoms with Crippen LogP contribution in [0.4, 0.5) is 5.69 Å². The van der Waals surface area contributed by atoms with Crippen LogP contribution in [0.5, 0.6) is 0 Å². The Morgan fingerprint density at radius 2 is 1.57 bits per heavy atom. The molecule has 0 heterocycles. The number of carboxylic acid groups (broad SMARTS) is 1. The highest BCUT2D eigenvalue weighted by molar-refractivity contribution is 6.12. The number of para-hydroxylation sites is 1. The van der Waals surface area contributed by atoms with E-state index in [9.17, 15) is 14.7 Å². The fraction of sp³-hybridized carbons (Fsp3) is 0.263. The average Bonchev–Trinajstić information content (AvgIpc) is 3.41. The van der Waals surface area contributed by atoms with Crippen LogP contribution in [0.25, 0.3) is 0 Å². The molecule has 0 radical (unpaired) electrons. The summed E-state index contributed by atoms with van der Waals surface area (Å²) in [5, 5.41) is 9.36. The fourth-order valence-electron chi connectivity index (χ4n) is 2.90. The van der Waals surface area contributed by atoms with E-state index in [-0.39, 0.29) is 23.1 Å². The van der Waals surface area contributed by atoms with Crippen molar-refractivity contribution in [1.82, 2.24) is 0 Å². The van der Waals surface area contributed by atoms with Crippen LogP contribution in [0.1, 0.15) is 40.5 Å². The fourth-order valence-corrected chi connectivity index (χ4v) is 2.90. The van der Waals surface area contributed by atoms with E-state index < -0.39 is 5.97 Å². The second kappa shape index (κ2) is 6.24. The summed E-state index contributed by atoms with van der Waals surface area (Å²) in [5.74, 6) is -0.856. The minimum atomic E-state index is -1.08. The zero-order valence-corrected chi connectivity index (χ0v) is 13.0. The zero-order valence-electron chi connectivity index (χ0n) is 13.0. The predicted octanol–water partition coefficient (Wildman–Crippen LogP) is 3.83. The van der Waals surface area contributed by atoms with E-state index in [0.29, 0.717) is 5.92 Å². The first-order chi connectivity index (χ1) is 11.1. The van der Waals surface area contributed by atoms with E-state index in [4.69, 9.17) is 0 Å². The normalized spacial score (nSPS) is 15.0. The van der Waals surface area contributed by atoms with Gasteiger partial charge in [-0.3, -0.25) is 4.79 Å². The predicted molar refractivity (Wildman–Crippen MR) is 88.8 cm³/mol. The highest BCUT2D eigenvalue weighted by Gasteiger charge is 2.36. The van der Waals surface area contributed by atoms with Gasteiger partial charge in [0.25, 0.3) is 5.91 Å². The Labute approximate surface area is 135 Å². The van der Waals surface area contributed by atoms with Crippen molar-refractivity contribution in [2.24, 2.45) is 5.92 Å². The number of rotatable bonds is 5. The number of hydrogen-bond acceptors (Lipinski definition) is 2. The first kappa shape index (κ1) is 15.3. The minimum Gasteiger partial charge on any atom is -0.478 e. The molecule has 2 aromatic carbocycles. The molecule has 0 aliphatic heterocycles. The Balaban J connectivity index is 2.03. The Hall–Kier alpha value is -2.62. The third-order valence-corrected chi connectivity index (χ3v) is 4.35. The summed E-state index contributed by atoms with van der Waals surface area (Å²) in [4.78, 5) is 26.3. The molecule has 0 spiro atoms. The highest BCUT2D eigenvalue weighted by Crippen LogP contribution is 2.37. The summed E-state index contributed by atoms with van der Waals surface area (Å²) in [7, 11) is 0.